The second-order valence-corrected chi connectivity index (χ2v) is 5.36. The molecule has 1 saturated carbocycles. The molecule has 3 N–H and O–H groups in total. The molecule has 1 aliphatic rings. The number of carbonyl (C=O) groups is 1. The molecule has 0 heterocycles. The van der Waals surface area contributed by atoms with Crippen LogP contribution in [-0.2, 0) is 11.0 Å². The minimum absolute atomic E-state index is 0. The fraction of sp³-hybridized carbons (Fsp3) is 0.500. The van der Waals surface area contributed by atoms with Crippen LogP contribution in [0.1, 0.15) is 37.7 Å². The van der Waals surface area contributed by atoms with Crippen LogP contribution < -0.4 is 11.1 Å². The highest BCUT2D eigenvalue weighted by Crippen LogP contribution is 2.33. The number of benzene rings is 1. The summed E-state index contributed by atoms with van der Waals surface area (Å²) in [6, 6.07) is 1.89. The minimum Gasteiger partial charge on any atom is -0.322 e. The second-order valence-electron chi connectivity index (χ2n) is 5.36. The molecule has 2 rings (SSSR count). The van der Waals surface area contributed by atoms with Crippen molar-refractivity contribution in [2.45, 2.75) is 43.8 Å². The van der Waals surface area contributed by atoms with Gasteiger partial charge in [-0.2, -0.15) is 13.2 Å². The Labute approximate surface area is 131 Å². The summed E-state index contributed by atoms with van der Waals surface area (Å²) >= 11 is 0. The molecule has 1 amide bonds. The Bertz CT molecular complexity index is 542. The van der Waals surface area contributed by atoms with Crippen LogP contribution >= 0.6 is 12.4 Å². The van der Waals surface area contributed by atoms with Crippen LogP contribution in [0.2, 0.25) is 0 Å². The van der Waals surface area contributed by atoms with Crippen LogP contribution in [-0.4, -0.2) is 11.4 Å². The SMILES string of the molecule is Cl.NC1(C(=O)Nc2cc(C(F)(F)F)ccc2F)CCCCC1. The lowest BCUT2D eigenvalue weighted by atomic mass is 9.82. The monoisotopic (exact) mass is 340 g/mol. The van der Waals surface area contributed by atoms with Gasteiger partial charge in [-0.25, -0.2) is 4.39 Å². The van der Waals surface area contributed by atoms with E-state index in [1.807, 2.05) is 0 Å². The molecule has 0 radical (unpaired) electrons. The lowest BCUT2D eigenvalue weighted by molar-refractivity contribution is -0.137. The molecule has 0 saturated heterocycles. The number of hydrogen-bond acceptors (Lipinski definition) is 2. The highest BCUT2D eigenvalue weighted by Gasteiger charge is 2.36. The third-order valence-corrected chi connectivity index (χ3v) is 3.74. The molecule has 1 aromatic rings. The average Bonchev–Trinajstić information content (AvgIpc) is 2.40. The second kappa shape index (κ2) is 6.83. The smallest absolute Gasteiger partial charge is 0.322 e. The summed E-state index contributed by atoms with van der Waals surface area (Å²) in [7, 11) is 0. The van der Waals surface area contributed by atoms with Gasteiger partial charge in [0.2, 0.25) is 5.91 Å². The molecule has 1 fully saturated rings. The maximum Gasteiger partial charge on any atom is 0.416 e. The summed E-state index contributed by atoms with van der Waals surface area (Å²) in [5.74, 6) is -1.56. The first-order valence-electron chi connectivity index (χ1n) is 6.69. The fourth-order valence-corrected chi connectivity index (χ4v) is 2.45. The number of amides is 1. The summed E-state index contributed by atoms with van der Waals surface area (Å²) in [5, 5.41) is 2.19. The molecule has 1 aliphatic carbocycles. The van der Waals surface area contributed by atoms with E-state index in [2.05, 4.69) is 5.32 Å². The Morgan fingerprint density at radius 1 is 1.18 bits per heavy atom. The molecule has 0 aliphatic heterocycles. The van der Waals surface area contributed by atoms with E-state index in [1.165, 1.54) is 0 Å². The predicted octanol–water partition coefficient (Wildman–Crippen LogP) is 3.87. The number of nitrogens with one attached hydrogen (secondary N) is 1. The van der Waals surface area contributed by atoms with Gasteiger partial charge in [0.05, 0.1) is 16.8 Å². The van der Waals surface area contributed by atoms with Crippen molar-refractivity contribution < 1.29 is 22.4 Å². The Hall–Kier alpha value is -1.34. The van der Waals surface area contributed by atoms with Crippen molar-refractivity contribution in [3.63, 3.8) is 0 Å². The molecule has 0 unspecified atom stereocenters. The molecular weight excluding hydrogens is 324 g/mol. The third kappa shape index (κ3) is 4.10. The molecule has 3 nitrogen and oxygen atoms in total. The standard InChI is InChI=1S/C14H16F4N2O.ClH/c15-10-5-4-9(14(16,17)18)8-11(10)20-12(21)13(19)6-2-1-3-7-13;/h4-5,8H,1-3,6-7,19H2,(H,20,21);1H. The Kier molecular flexibility index (Phi) is 5.81. The first-order chi connectivity index (χ1) is 9.72. The first kappa shape index (κ1) is 18.7. The number of carbonyl (C=O) groups excluding carboxylic acids is 1. The van der Waals surface area contributed by atoms with E-state index >= 15 is 0 Å². The fourth-order valence-electron chi connectivity index (χ4n) is 2.45. The molecule has 0 spiro atoms. The highest BCUT2D eigenvalue weighted by molar-refractivity contribution is 5.98. The summed E-state index contributed by atoms with van der Waals surface area (Å²) in [5.41, 5.74) is 3.31. The van der Waals surface area contributed by atoms with E-state index in [9.17, 15) is 22.4 Å². The van der Waals surface area contributed by atoms with Gasteiger partial charge in [0.15, 0.2) is 0 Å². The molecular formula is C14H17ClF4N2O. The van der Waals surface area contributed by atoms with Crippen molar-refractivity contribution in [2.24, 2.45) is 5.73 Å². The van der Waals surface area contributed by atoms with E-state index in [1.54, 1.807) is 0 Å². The molecule has 0 bridgehead atoms. The van der Waals surface area contributed by atoms with Crippen molar-refractivity contribution in [1.82, 2.24) is 0 Å². The predicted molar refractivity (Wildman–Crippen MR) is 77.3 cm³/mol. The molecule has 0 atom stereocenters. The summed E-state index contributed by atoms with van der Waals surface area (Å²) in [6.45, 7) is 0. The van der Waals surface area contributed by atoms with Gasteiger partial charge in [0, 0.05) is 0 Å². The number of nitrogens with two attached hydrogens (primary N) is 1. The Morgan fingerprint density at radius 2 is 1.77 bits per heavy atom. The molecule has 1 aromatic carbocycles. The van der Waals surface area contributed by atoms with Crippen LogP contribution in [0.3, 0.4) is 0 Å². The van der Waals surface area contributed by atoms with E-state index < -0.39 is 34.7 Å². The zero-order valence-corrected chi connectivity index (χ0v) is 12.5. The van der Waals surface area contributed by atoms with Crippen LogP contribution in [0.25, 0.3) is 0 Å². The zero-order chi connectivity index (χ0) is 15.7. The highest BCUT2D eigenvalue weighted by atomic mass is 35.5. The van der Waals surface area contributed by atoms with E-state index in [-0.39, 0.29) is 12.4 Å². The number of rotatable bonds is 2. The van der Waals surface area contributed by atoms with Crippen LogP contribution in [0, 0.1) is 5.82 Å². The van der Waals surface area contributed by atoms with Crippen molar-refractivity contribution in [3.05, 3.63) is 29.6 Å². The normalized spacial score (nSPS) is 17.5. The van der Waals surface area contributed by atoms with Gasteiger partial charge in [-0.1, -0.05) is 19.3 Å². The van der Waals surface area contributed by atoms with Gasteiger partial charge in [0.1, 0.15) is 5.82 Å². The van der Waals surface area contributed by atoms with Gasteiger partial charge in [-0.3, -0.25) is 4.79 Å². The topological polar surface area (TPSA) is 55.1 Å². The van der Waals surface area contributed by atoms with Crippen molar-refractivity contribution >= 4 is 24.0 Å². The number of hydrogen-bond donors (Lipinski definition) is 2. The molecule has 124 valence electrons. The van der Waals surface area contributed by atoms with Gasteiger partial charge < -0.3 is 11.1 Å². The zero-order valence-electron chi connectivity index (χ0n) is 11.7. The maximum atomic E-state index is 13.6. The third-order valence-electron chi connectivity index (χ3n) is 3.74. The summed E-state index contributed by atoms with van der Waals surface area (Å²) in [6.07, 6.45) is -1.20. The van der Waals surface area contributed by atoms with E-state index in [4.69, 9.17) is 5.73 Å². The quantitative estimate of drug-likeness (QED) is 0.803. The minimum atomic E-state index is -4.60. The average molecular weight is 341 g/mol. The molecule has 8 heteroatoms. The van der Waals surface area contributed by atoms with E-state index in [0.29, 0.717) is 31.0 Å². The summed E-state index contributed by atoms with van der Waals surface area (Å²) < 4.78 is 51.4. The lowest BCUT2D eigenvalue weighted by Gasteiger charge is -2.31. The van der Waals surface area contributed by atoms with Gasteiger partial charge in [-0.05, 0) is 31.0 Å². The van der Waals surface area contributed by atoms with Crippen molar-refractivity contribution in [3.8, 4) is 0 Å². The van der Waals surface area contributed by atoms with E-state index in [0.717, 1.165) is 19.3 Å². The number of anilines is 1. The largest absolute Gasteiger partial charge is 0.416 e. The van der Waals surface area contributed by atoms with Crippen LogP contribution in [0.4, 0.5) is 23.2 Å². The van der Waals surface area contributed by atoms with Crippen molar-refractivity contribution in [1.29, 1.82) is 0 Å². The Morgan fingerprint density at radius 3 is 2.32 bits per heavy atom. The van der Waals surface area contributed by atoms with Gasteiger partial charge in [0.25, 0.3) is 0 Å². The molecule has 0 aromatic heterocycles. The first-order valence-corrected chi connectivity index (χ1v) is 6.69. The van der Waals surface area contributed by atoms with Gasteiger partial charge >= 0.3 is 6.18 Å². The Balaban J connectivity index is 0.00000242. The van der Waals surface area contributed by atoms with Crippen molar-refractivity contribution in [2.75, 3.05) is 5.32 Å². The van der Waals surface area contributed by atoms with Crippen LogP contribution in [0.15, 0.2) is 18.2 Å². The molecule has 22 heavy (non-hydrogen) atoms. The number of halogens is 5. The van der Waals surface area contributed by atoms with Crippen LogP contribution in [0.5, 0.6) is 0 Å². The lowest BCUT2D eigenvalue weighted by Crippen LogP contribution is -2.52. The maximum absolute atomic E-state index is 13.6. The van der Waals surface area contributed by atoms with Gasteiger partial charge in [-0.15, -0.1) is 12.4 Å². The number of alkyl halides is 3. The summed E-state index contributed by atoms with van der Waals surface area (Å²) in [4.78, 5) is 12.1.